The van der Waals surface area contributed by atoms with E-state index < -0.39 is 29.3 Å². The zero-order valence-electron chi connectivity index (χ0n) is 22.2. The van der Waals surface area contributed by atoms with Gasteiger partial charge in [0.1, 0.15) is 23.1 Å². The third-order valence-corrected chi connectivity index (χ3v) is 6.54. The summed E-state index contributed by atoms with van der Waals surface area (Å²) in [6.07, 6.45) is 0.754. The lowest BCUT2D eigenvalue weighted by molar-refractivity contribution is -0.132. The Morgan fingerprint density at radius 1 is 1.00 bits per heavy atom. The van der Waals surface area contributed by atoms with Crippen molar-refractivity contribution in [3.05, 3.63) is 94.8 Å². The van der Waals surface area contributed by atoms with E-state index in [0.717, 1.165) is 18.1 Å². The third kappa shape index (κ3) is 5.01. The molecule has 0 spiro atoms. The van der Waals surface area contributed by atoms with Gasteiger partial charge < -0.3 is 14.6 Å². The van der Waals surface area contributed by atoms with Crippen molar-refractivity contribution < 1.29 is 28.6 Å². The molecule has 7 heteroatoms. The number of amides is 1. The summed E-state index contributed by atoms with van der Waals surface area (Å²) in [5.41, 5.74) is 1.79. The van der Waals surface area contributed by atoms with Gasteiger partial charge in [-0.1, -0.05) is 64.1 Å². The number of carbonyl (C=O) groups excluding carboxylic acids is 2. The molecule has 1 unspecified atom stereocenters. The average molecular weight is 518 g/mol. The predicted molar refractivity (Wildman–Crippen MR) is 145 cm³/mol. The molecule has 198 valence electrons. The van der Waals surface area contributed by atoms with E-state index in [1.54, 1.807) is 24.3 Å². The van der Waals surface area contributed by atoms with Crippen LogP contribution in [0.2, 0.25) is 0 Å². The van der Waals surface area contributed by atoms with Crippen LogP contribution in [0.15, 0.2) is 72.3 Å². The lowest BCUT2D eigenvalue weighted by Crippen LogP contribution is -2.30. The number of nitrogens with zero attached hydrogens (tertiary/aromatic N) is 1. The maximum absolute atomic E-state index is 14.2. The van der Waals surface area contributed by atoms with Gasteiger partial charge in [0.15, 0.2) is 0 Å². The highest BCUT2D eigenvalue weighted by molar-refractivity contribution is 6.52. The fourth-order valence-electron chi connectivity index (χ4n) is 4.56. The Morgan fingerprint density at radius 3 is 2.32 bits per heavy atom. The number of halogens is 1. The average Bonchev–Trinajstić information content (AvgIpc) is 3.16. The lowest BCUT2D eigenvalue weighted by Gasteiger charge is -2.28. The van der Waals surface area contributed by atoms with E-state index in [2.05, 4.69) is 20.8 Å². The smallest absolute Gasteiger partial charge is 0.300 e. The Balaban J connectivity index is 1.98. The first-order valence-electron chi connectivity index (χ1n) is 12.6. The van der Waals surface area contributed by atoms with Crippen LogP contribution in [0.1, 0.15) is 56.8 Å². The van der Waals surface area contributed by atoms with Crippen molar-refractivity contribution in [1.82, 2.24) is 0 Å². The Bertz CT molecular complexity index is 1390. The summed E-state index contributed by atoms with van der Waals surface area (Å²) in [6, 6.07) is 17.2. The fourth-order valence-corrected chi connectivity index (χ4v) is 4.56. The molecule has 0 aliphatic carbocycles. The summed E-state index contributed by atoms with van der Waals surface area (Å²) in [6.45, 7) is 8.66. The number of aliphatic hydroxyl groups is 1. The quantitative estimate of drug-likeness (QED) is 0.219. The SMILES string of the molecule is CCCOc1ccccc1N1C(=O)C(=O)/C(=C(/O)c2cc(F)ccc2OC)C1c1ccc(C(C)(C)C)cc1. The Labute approximate surface area is 222 Å². The maximum Gasteiger partial charge on any atom is 0.300 e. The molecular formula is C31H32FNO5. The summed E-state index contributed by atoms with van der Waals surface area (Å²) < 4.78 is 25.5. The normalized spacial score (nSPS) is 17.1. The molecule has 6 nitrogen and oxygen atoms in total. The molecule has 38 heavy (non-hydrogen) atoms. The zero-order valence-corrected chi connectivity index (χ0v) is 22.2. The van der Waals surface area contributed by atoms with Crippen LogP contribution in [0.4, 0.5) is 10.1 Å². The van der Waals surface area contributed by atoms with Crippen molar-refractivity contribution in [3.63, 3.8) is 0 Å². The molecule has 1 aliphatic rings. The highest BCUT2D eigenvalue weighted by atomic mass is 19.1. The van der Waals surface area contributed by atoms with Gasteiger partial charge in [0, 0.05) is 0 Å². The van der Waals surface area contributed by atoms with Gasteiger partial charge in [-0.05, 0) is 53.3 Å². The molecule has 0 saturated carbocycles. The summed E-state index contributed by atoms with van der Waals surface area (Å²) in [5.74, 6) is -2.23. The van der Waals surface area contributed by atoms with Gasteiger partial charge in [-0.25, -0.2) is 4.39 Å². The van der Waals surface area contributed by atoms with Gasteiger partial charge in [-0.2, -0.15) is 0 Å². The second-order valence-electron chi connectivity index (χ2n) is 10.2. The number of hydrogen-bond acceptors (Lipinski definition) is 5. The largest absolute Gasteiger partial charge is 0.507 e. The number of para-hydroxylation sites is 2. The van der Waals surface area contributed by atoms with Crippen molar-refractivity contribution in [2.45, 2.75) is 45.6 Å². The minimum Gasteiger partial charge on any atom is -0.507 e. The van der Waals surface area contributed by atoms with Crippen LogP contribution in [-0.4, -0.2) is 30.5 Å². The second kappa shape index (κ2) is 10.7. The molecule has 4 rings (SSSR count). The van der Waals surface area contributed by atoms with E-state index >= 15 is 0 Å². The fraction of sp³-hybridized carbons (Fsp3) is 0.290. The number of carbonyl (C=O) groups is 2. The standard InChI is InChI=1S/C31H32FNO5/c1-6-17-38-25-10-8-7-9-23(25)33-27(19-11-13-20(14-12-19)31(2,3)4)26(29(35)30(33)36)28(34)22-18-21(32)15-16-24(22)37-5/h7-16,18,27,34H,6,17H2,1-5H3/b28-26+. The molecule has 1 fully saturated rings. The number of Topliss-reactive ketones (excluding diaryl/α,β-unsaturated/α-hetero) is 1. The molecule has 3 aromatic rings. The van der Waals surface area contributed by atoms with Crippen molar-refractivity contribution in [3.8, 4) is 11.5 Å². The first kappa shape index (κ1) is 26.9. The number of aliphatic hydroxyl groups excluding tert-OH is 1. The minimum atomic E-state index is -0.983. The van der Waals surface area contributed by atoms with Crippen molar-refractivity contribution >= 4 is 23.1 Å². The molecule has 0 radical (unpaired) electrons. The summed E-state index contributed by atoms with van der Waals surface area (Å²) in [4.78, 5) is 28.5. The number of hydrogen-bond donors (Lipinski definition) is 1. The molecule has 3 aromatic carbocycles. The molecule has 1 heterocycles. The first-order chi connectivity index (χ1) is 18.1. The van der Waals surface area contributed by atoms with E-state index in [1.165, 1.54) is 24.1 Å². The maximum atomic E-state index is 14.2. The van der Waals surface area contributed by atoms with Gasteiger partial charge in [0.2, 0.25) is 0 Å². The highest BCUT2D eigenvalue weighted by Gasteiger charge is 2.48. The molecule has 1 atom stereocenters. The lowest BCUT2D eigenvalue weighted by atomic mass is 9.85. The van der Waals surface area contributed by atoms with E-state index in [9.17, 15) is 19.1 Å². The van der Waals surface area contributed by atoms with Gasteiger partial charge >= 0.3 is 0 Å². The zero-order chi connectivity index (χ0) is 27.6. The van der Waals surface area contributed by atoms with Crippen LogP contribution in [0, 0.1) is 5.82 Å². The van der Waals surface area contributed by atoms with Crippen LogP contribution < -0.4 is 14.4 Å². The number of anilines is 1. The van der Waals surface area contributed by atoms with Gasteiger partial charge in [-0.3, -0.25) is 14.5 Å². The number of benzene rings is 3. The molecule has 0 bridgehead atoms. The van der Waals surface area contributed by atoms with E-state index in [0.29, 0.717) is 23.6 Å². The first-order valence-corrected chi connectivity index (χ1v) is 12.6. The van der Waals surface area contributed by atoms with Gasteiger partial charge in [0.05, 0.1) is 36.6 Å². The monoisotopic (exact) mass is 517 g/mol. The number of ether oxygens (including phenoxy) is 2. The topological polar surface area (TPSA) is 76.1 Å². The van der Waals surface area contributed by atoms with Crippen LogP contribution in [0.25, 0.3) is 5.76 Å². The molecule has 1 amide bonds. The molecular weight excluding hydrogens is 485 g/mol. The third-order valence-electron chi connectivity index (χ3n) is 6.54. The minimum absolute atomic E-state index is 0.0164. The van der Waals surface area contributed by atoms with Crippen molar-refractivity contribution in [2.75, 3.05) is 18.6 Å². The molecule has 1 saturated heterocycles. The second-order valence-corrected chi connectivity index (χ2v) is 10.2. The van der Waals surface area contributed by atoms with E-state index in [4.69, 9.17) is 9.47 Å². The van der Waals surface area contributed by atoms with Crippen LogP contribution >= 0.6 is 0 Å². The summed E-state index contributed by atoms with van der Waals surface area (Å²) in [5, 5.41) is 11.4. The van der Waals surface area contributed by atoms with E-state index in [-0.39, 0.29) is 22.3 Å². The van der Waals surface area contributed by atoms with Gasteiger partial charge in [0.25, 0.3) is 11.7 Å². The van der Waals surface area contributed by atoms with Crippen molar-refractivity contribution in [1.29, 1.82) is 0 Å². The van der Waals surface area contributed by atoms with Crippen molar-refractivity contribution in [2.24, 2.45) is 0 Å². The molecule has 1 aliphatic heterocycles. The summed E-state index contributed by atoms with van der Waals surface area (Å²) >= 11 is 0. The Kier molecular flexibility index (Phi) is 7.58. The number of methoxy groups -OCH3 is 1. The number of rotatable bonds is 7. The molecule has 1 N–H and O–H groups in total. The predicted octanol–water partition coefficient (Wildman–Crippen LogP) is 6.55. The van der Waals surface area contributed by atoms with Crippen LogP contribution in [-0.2, 0) is 15.0 Å². The Morgan fingerprint density at radius 2 is 1.68 bits per heavy atom. The van der Waals surface area contributed by atoms with Gasteiger partial charge in [-0.15, -0.1) is 0 Å². The van der Waals surface area contributed by atoms with Crippen LogP contribution in [0.5, 0.6) is 11.5 Å². The summed E-state index contributed by atoms with van der Waals surface area (Å²) in [7, 11) is 1.38. The van der Waals surface area contributed by atoms with Crippen LogP contribution in [0.3, 0.4) is 0 Å². The Hall–Kier alpha value is -4.13. The molecule has 0 aromatic heterocycles. The highest BCUT2D eigenvalue weighted by Crippen LogP contribution is 2.46. The number of ketones is 1. The van der Waals surface area contributed by atoms with E-state index in [1.807, 2.05) is 31.2 Å².